The molecule has 1 heterocycles. The first-order chi connectivity index (χ1) is 16.3. The lowest BCUT2D eigenvalue weighted by molar-refractivity contribution is -0.108. The van der Waals surface area contributed by atoms with Crippen LogP contribution in [0.5, 0.6) is 0 Å². The Balaban J connectivity index is 2.16. The molecule has 4 amide bonds. The SMILES string of the molecule is C=C(/C=C\C(=CC)CN1C(=O)c2cc(Br)c(C(=O)NC=O)c3c(C)cc(Br)c(c23)C1=O)C(F)(F)F. The van der Waals surface area contributed by atoms with E-state index in [9.17, 15) is 32.3 Å². The molecule has 2 aromatic carbocycles. The summed E-state index contributed by atoms with van der Waals surface area (Å²) < 4.78 is 39.0. The minimum absolute atomic E-state index is 0.0823. The van der Waals surface area contributed by atoms with Gasteiger partial charge in [-0.2, -0.15) is 13.2 Å². The largest absolute Gasteiger partial charge is 0.415 e. The highest BCUT2D eigenvalue weighted by molar-refractivity contribution is 9.10. The monoisotopic (exact) mass is 612 g/mol. The molecule has 0 aliphatic carbocycles. The van der Waals surface area contributed by atoms with Gasteiger partial charge < -0.3 is 0 Å². The molecule has 1 aliphatic heterocycles. The van der Waals surface area contributed by atoms with Crippen LogP contribution in [0, 0.1) is 6.92 Å². The molecule has 0 bridgehead atoms. The Labute approximate surface area is 214 Å². The third-order valence-electron chi connectivity index (χ3n) is 5.43. The predicted molar refractivity (Wildman–Crippen MR) is 131 cm³/mol. The van der Waals surface area contributed by atoms with Gasteiger partial charge in [-0.05, 0) is 69.0 Å². The van der Waals surface area contributed by atoms with E-state index in [0.29, 0.717) is 15.4 Å². The number of rotatable bonds is 6. The summed E-state index contributed by atoms with van der Waals surface area (Å²) in [4.78, 5) is 51.2. The fourth-order valence-corrected chi connectivity index (χ4v) is 5.04. The second-order valence-corrected chi connectivity index (χ2v) is 9.30. The summed E-state index contributed by atoms with van der Waals surface area (Å²) in [7, 11) is 0. The highest BCUT2D eigenvalue weighted by Crippen LogP contribution is 2.41. The first kappa shape index (κ1) is 26.6. The molecule has 0 saturated carbocycles. The van der Waals surface area contributed by atoms with Gasteiger partial charge in [0.25, 0.3) is 17.7 Å². The lowest BCUT2D eigenvalue weighted by Crippen LogP contribution is -2.42. The molecular weight excluding hydrogens is 597 g/mol. The molecule has 1 N–H and O–H groups in total. The standard InChI is InChI=1S/C24H17Br2F3N2O4/c1-4-13(6-5-12(3)24(27,28)29)9-31-22(34)14-8-16(26)19(21(33)30-10-32)17-11(2)7-15(25)20(18(14)17)23(31)35/h4-8,10H,3,9H2,1-2H3,(H,30,32,33)/b6-5-,13-4?. The summed E-state index contributed by atoms with van der Waals surface area (Å²) in [5, 5.41) is 2.63. The molecule has 6 nitrogen and oxygen atoms in total. The lowest BCUT2D eigenvalue weighted by atomic mass is 9.88. The Hall–Kier alpha value is -3.05. The van der Waals surface area contributed by atoms with Gasteiger partial charge in [-0.15, -0.1) is 0 Å². The van der Waals surface area contributed by atoms with Crippen molar-refractivity contribution < 1.29 is 32.3 Å². The summed E-state index contributed by atoms with van der Waals surface area (Å²) in [5.74, 6) is -2.09. The zero-order valence-electron chi connectivity index (χ0n) is 18.3. The maximum Gasteiger partial charge on any atom is 0.415 e. The Morgan fingerprint density at radius 2 is 1.77 bits per heavy atom. The van der Waals surface area contributed by atoms with Crippen molar-refractivity contribution >= 4 is 66.8 Å². The number of imide groups is 2. The fraction of sp³-hybridized carbons (Fsp3) is 0.167. The van der Waals surface area contributed by atoms with Crippen molar-refractivity contribution in [3.05, 3.63) is 79.3 Å². The zero-order valence-corrected chi connectivity index (χ0v) is 21.5. The minimum Gasteiger partial charge on any atom is -0.295 e. The highest BCUT2D eigenvalue weighted by atomic mass is 79.9. The van der Waals surface area contributed by atoms with Gasteiger partial charge in [-0.1, -0.05) is 24.8 Å². The molecule has 2 aromatic rings. The number of benzene rings is 2. The number of aryl methyl sites for hydroxylation is 1. The van der Waals surface area contributed by atoms with Crippen LogP contribution in [0.15, 0.2) is 57.0 Å². The Morgan fingerprint density at radius 1 is 1.11 bits per heavy atom. The van der Waals surface area contributed by atoms with E-state index in [4.69, 9.17) is 0 Å². The molecule has 3 rings (SSSR count). The molecule has 182 valence electrons. The van der Waals surface area contributed by atoms with Gasteiger partial charge in [0, 0.05) is 30.9 Å². The lowest BCUT2D eigenvalue weighted by Gasteiger charge is -2.29. The normalized spacial score (nSPS) is 14.1. The quantitative estimate of drug-likeness (QED) is 0.254. The maximum absolute atomic E-state index is 13.4. The third kappa shape index (κ3) is 4.87. The summed E-state index contributed by atoms with van der Waals surface area (Å²) >= 11 is 6.64. The molecule has 0 saturated heterocycles. The fourth-order valence-electron chi connectivity index (χ4n) is 3.72. The van der Waals surface area contributed by atoms with Crippen LogP contribution in [-0.2, 0) is 4.79 Å². The number of nitrogens with one attached hydrogen (secondary N) is 1. The highest BCUT2D eigenvalue weighted by Gasteiger charge is 2.37. The van der Waals surface area contributed by atoms with E-state index in [2.05, 4.69) is 43.8 Å². The topological polar surface area (TPSA) is 83.6 Å². The molecule has 0 spiro atoms. The van der Waals surface area contributed by atoms with Crippen LogP contribution in [0.1, 0.15) is 43.6 Å². The molecule has 0 unspecified atom stereocenters. The van der Waals surface area contributed by atoms with E-state index in [1.54, 1.807) is 19.9 Å². The minimum atomic E-state index is -4.61. The van der Waals surface area contributed by atoms with Gasteiger partial charge in [-0.3, -0.25) is 29.4 Å². The van der Waals surface area contributed by atoms with Gasteiger partial charge in [0.15, 0.2) is 0 Å². The van der Waals surface area contributed by atoms with E-state index in [1.807, 2.05) is 0 Å². The van der Waals surface area contributed by atoms with E-state index in [-0.39, 0.29) is 45.1 Å². The van der Waals surface area contributed by atoms with E-state index in [0.717, 1.165) is 17.1 Å². The first-order valence-electron chi connectivity index (χ1n) is 9.98. The number of halogens is 5. The Morgan fingerprint density at radius 3 is 2.34 bits per heavy atom. The molecule has 0 radical (unpaired) electrons. The van der Waals surface area contributed by atoms with E-state index >= 15 is 0 Å². The van der Waals surface area contributed by atoms with Crippen molar-refractivity contribution in [3.8, 4) is 0 Å². The third-order valence-corrected chi connectivity index (χ3v) is 6.68. The van der Waals surface area contributed by atoms with Crippen molar-refractivity contribution in [2.45, 2.75) is 20.0 Å². The van der Waals surface area contributed by atoms with Crippen LogP contribution < -0.4 is 5.32 Å². The van der Waals surface area contributed by atoms with Gasteiger partial charge in [-0.25, -0.2) is 0 Å². The molecular formula is C24H17Br2F3N2O4. The van der Waals surface area contributed by atoms with Crippen LogP contribution in [0.25, 0.3) is 10.8 Å². The molecule has 1 aliphatic rings. The second-order valence-electron chi connectivity index (χ2n) is 7.59. The zero-order chi connectivity index (χ0) is 26.2. The molecule has 0 atom stereocenters. The number of amides is 4. The number of carbonyl (C=O) groups excluding carboxylic acids is 4. The molecule has 0 fully saturated rings. The van der Waals surface area contributed by atoms with E-state index < -0.39 is 29.5 Å². The first-order valence-corrected chi connectivity index (χ1v) is 11.6. The van der Waals surface area contributed by atoms with Crippen molar-refractivity contribution in [1.82, 2.24) is 10.2 Å². The average Bonchev–Trinajstić information content (AvgIpc) is 2.77. The van der Waals surface area contributed by atoms with Gasteiger partial charge in [0.1, 0.15) is 0 Å². The van der Waals surface area contributed by atoms with Crippen LogP contribution in [-0.4, -0.2) is 41.8 Å². The number of hydrogen-bond donors (Lipinski definition) is 1. The molecule has 11 heteroatoms. The van der Waals surface area contributed by atoms with Crippen LogP contribution >= 0.6 is 31.9 Å². The summed E-state index contributed by atoms with van der Waals surface area (Å²) in [6.45, 7) is 5.94. The second kappa shape index (κ2) is 9.90. The van der Waals surface area contributed by atoms with Crippen LogP contribution in [0.2, 0.25) is 0 Å². The van der Waals surface area contributed by atoms with Crippen LogP contribution in [0.4, 0.5) is 13.2 Å². The smallest absolute Gasteiger partial charge is 0.295 e. The molecule has 35 heavy (non-hydrogen) atoms. The number of carbonyl (C=O) groups is 4. The van der Waals surface area contributed by atoms with Gasteiger partial charge >= 0.3 is 6.18 Å². The van der Waals surface area contributed by atoms with E-state index in [1.165, 1.54) is 12.1 Å². The van der Waals surface area contributed by atoms with Crippen molar-refractivity contribution in [1.29, 1.82) is 0 Å². The maximum atomic E-state index is 13.4. The summed E-state index contributed by atoms with van der Waals surface area (Å²) in [6, 6.07) is 3.00. The summed E-state index contributed by atoms with van der Waals surface area (Å²) in [6.07, 6.45) is -0.972. The van der Waals surface area contributed by atoms with Gasteiger partial charge in [0.05, 0.1) is 17.7 Å². The van der Waals surface area contributed by atoms with Crippen LogP contribution in [0.3, 0.4) is 0 Å². The molecule has 0 aromatic heterocycles. The van der Waals surface area contributed by atoms with Crippen molar-refractivity contribution in [3.63, 3.8) is 0 Å². The van der Waals surface area contributed by atoms with Gasteiger partial charge in [0.2, 0.25) is 6.41 Å². The van der Waals surface area contributed by atoms with Crippen molar-refractivity contribution in [2.75, 3.05) is 6.54 Å². The number of hydrogen-bond acceptors (Lipinski definition) is 4. The number of alkyl halides is 3. The number of allylic oxidation sites excluding steroid dienone is 3. The number of nitrogens with zero attached hydrogens (tertiary/aromatic N) is 1. The van der Waals surface area contributed by atoms with Crippen molar-refractivity contribution in [2.24, 2.45) is 0 Å². The Bertz CT molecular complexity index is 1380. The summed E-state index contributed by atoms with van der Waals surface area (Å²) in [5.41, 5.74) is 0.0946. The Kier molecular flexibility index (Phi) is 7.51. The predicted octanol–water partition coefficient (Wildman–Crippen LogP) is 5.78. The average molecular weight is 614 g/mol.